The van der Waals surface area contributed by atoms with E-state index in [0.717, 1.165) is 33.6 Å². The molecule has 3 aromatic carbocycles. The van der Waals surface area contributed by atoms with E-state index in [1.165, 1.54) is 11.8 Å². The average Bonchev–Trinajstić information content (AvgIpc) is 3.24. The van der Waals surface area contributed by atoms with Crippen LogP contribution in [0.25, 0.3) is 6.08 Å². The molecular formula is C32H28N4O3S. The molecule has 1 aliphatic rings. The second-order valence-electron chi connectivity index (χ2n) is 9.30. The predicted octanol–water partition coefficient (Wildman–Crippen LogP) is 6.52. The van der Waals surface area contributed by atoms with Crippen LogP contribution in [0, 0.1) is 13.8 Å². The van der Waals surface area contributed by atoms with Gasteiger partial charge in [-0.1, -0.05) is 42.5 Å². The molecule has 0 unspecified atom stereocenters. The number of amides is 2. The lowest BCUT2D eigenvalue weighted by atomic mass is 10.1. The van der Waals surface area contributed by atoms with E-state index in [4.69, 9.17) is 9.73 Å². The Labute approximate surface area is 237 Å². The van der Waals surface area contributed by atoms with Crippen molar-refractivity contribution in [1.82, 2.24) is 9.88 Å². The Morgan fingerprint density at radius 1 is 1.00 bits per heavy atom. The number of hydrogen-bond acceptors (Lipinski definition) is 6. The summed E-state index contributed by atoms with van der Waals surface area (Å²) in [6.07, 6.45) is 5.27. The van der Waals surface area contributed by atoms with Gasteiger partial charge < -0.3 is 10.1 Å². The lowest BCUT2D eigenvalue weighted by molar-refractivity contribution is -0.122. The molecule has 5 rings (SSSR count). The standard InChI is InChI=1S/C32H28N4O3S/c1-22-13-14-27(16-23(22)2)34-30(37)21-39-28-12-6-8-24(17-28)18-29-31(38)36(20-25-9-7-15-33-19-25)32(40-29)35-26-10-4-3-5-11-26/h3-19H,20-21H2,1-2H3,(H,34,37)/b29-18-,35-32?. The monoisotopic (exact) mass is 548 g/mol. The van der Waals surface area contributed by atoms with Gasteiger partial charge in [0.25, 0.3) is 11.8 Å². The number of aromatic nitrogens is 1. The number of rotatable bonds is 8. The zero-order chi connectivity index (χ0) is 27.9. The number of para-hydroxylation sites is 1. The lowest BCUT2D eigenvalue weighted by Gasteiger charge is -2.15. The molecule has 0 saturated carbocycles. The zero-order valence-electron chi connectivity index (χ0n) is 22.2. The molecule has 8 heteroatoms. The quantitative estimate of drug-likeness (QED) is 0.254. The summed E-state index contributed by atoms with van der Waals surface area (Å²) in [5.41, 5.74) is 5.46. The Kier molecular flexibility index (Phi) is 8.37. The number of carbonyl (C=O) groups is 2. The molecule has 1 aliphatic heterocycles. The van der Waals surface area contributed by atoms with Crippen LogP contribution in [0.3, 0.4) is 0 Å². The molecule has 0 bridgehead atoms. The summed E-state index contributed by atoms with van der Waals surface area (Å²) in [5, 5.41) is 3.46. The highest BCUT2D eigenvalue weighted by molar-refractivity contribution is 8.18. The van der Waals surface area contributed by atoms with Gasteiger partial charge in [0.1, 0.15) is 5.75 Å². The number of amidine groups is 1. The fourth-order valence-electron chi connectivity index (χ4n) is 4.03. The minimum absolute atomic E-state index is 0.132. The van der Waals surface area contributed by atoms with Gasteiger partial charge in [-0.2, -0.15) is 0 Å². The summed E-state index contributed by atoms with van der Waals surface area (Å²) in [6, 6.07) is 26.4. The number of hydrogen-bond donors (Lipinski definition) is 1. The first-order valence-electron chi connectivity index (χ1n) is 12.8. The summed E-state index contributed by atoms with van der Waals surface area (Å²) < 4.78 is 5.75. The number of nitrogens with one attached hydrogen (secondary N) is 1. The fraction of sp³-hybridized carbons (Fsp3) is 0.125. The van der Waals surface area contributed by atoms with Crippen LogP contribution in [0.2, 0.25) is 0 Å². The number of thioether (sulfide) groups is 1. The van der Waals surface area contributed by atoms with E-state index in [-0.39, 0.29) is 18.4 Å². The lowest BCUT2D eigenvalue weighted by Crippen LogP contribution is -2.28. The topological polar surface area (TPSA) is 83.9 Å². The molecule has 0 radical (unpaired) electrons. The van der Waals surface area contributed by atoms with Crippen LogP contribution >= 0.6 is 11.8 Å². The maximum atomic E-state index is 13.5. The molecule has 0 aliphatic carbocycles. The van der Waals surface area contributed by atoms with Crippen LogP contribution in [0.5, 0.6) is 5.75 Å². The van der Waals surface area contributed by atoms with Crippen LogP contribution in [-0.4, -0.2) is 33.5 Å². The minimum Gasteiger partial charge on any atom is -0.484 e. The van der Waals surface area contributed by atoms with E-state index in [1.54, 1.807) is 23.4 Å². The number of carbonyl (C=O) groups excluding carboxylic acids is 2. The van der Waals surface area contributed by atoms with Crippen LogP contribution in [-0.2, 0) is 16.1 Å². The van der Waals surface area contributed by atoms with Gasteiger partial charge in [0.05, 0.1) is 17.1 Å². The first-order chi connectivity index (χ1) is 19.4. The fourth-order valence-corrected chi connectivity index (χ4v) is 5.03. The molecule has 2 heterocycles. The van der Waals surface area contributed by atoms with Gasteiger partial charge in [-0.25, -0.2) is 4.99 Å². The van der Waals surface area contributed by atoms with Crippen LogP contribution in [0.15, 0.2) is 107 Å². The SMILES string of the molecule is Cc1ccc(NC(=O)COc2cccc(/C=C3\SC(=Nc4ccccc4)N(Cc4cccnc4)C3=O)c2)cc1C. The normalized spacial score (nSPS) is 15.1. The van der Waals surface area contributed by atoms with E-state index in [9.17, 15) is 9.59 Å². The van der Waals surface area contributed by atoms with E-state index in [1.807, 2.05) is 98.8 Å². The van der Waals surface area contributed by atoms with E-state index < -0.39 is 0 Å². The Morgan fingerprint density at radius 2 is 1.85 bits per heavy atom. The van der Waals surface area contributed by atoms with Crippen LogP contribution in [0.1, 0.15) is 22.3 Å². The number of benzene rings is 3. The molecule has 1 fully saturated rings. The van der Waals surface area contributed by atoms with Crippen molar-refractivity contribution in [2.75, 3.05) is 11.9 Å². The first-order valence-corrected chi connectivity index (χ1v) is 13.6. The summed E-state index contributed by atoms with van der Waals surface area (Å²) in [7, 11) is 0. The van der Waals surface area contributed by atoms with Crippen LogP contribution in [0.4, 0.5) is 11.4 Å². The molecule has 200 valence electrons. The summed E-state index contributed by atoms with van der Waals surface area (Å²) in [4.78, 5) is 37.1. The molecule has 0 spiro atoms. The van der Waals surface area contributed by atoms with Crippen molar-refractivity contribution in [1.29, 1.82) is 0 Å². The molecule has 0 atom stereocenters. The Balaban J connectivity index is 1.31. The van der Waals surface area contributed by atoms with Crippen molar-refractivity contribution in [2.45, 2.75) is 20.4 Å². The number of anilines is 1. The number of nitrogens with zero attached hydrogens (tertiary/aromatic N) is 3. The van der Waals surface area contributed by atoms with Crippen molar-refractivity contribution >= 4 is 46.2 Å². The van der Waals surface area contributed by atoms with Gasteiger partial charge >= 0.3 is 0 Å². The van der Waals surface area contributed by atoms with Crippen molar-refractivity contribution in [3.63, 3.8) is 0 Å². The van der Waals surface area contributed by atoms with E-state index in [0.29, 0.717) is 22.4 Å². The van der Waals surface area contributed by atoms with Gasteiger partial charge in [-0.15, -0.1) is 0 Å². The summed E-state index contributed by atoms with van der Waals surface area (Å²) in [6.45, 7) is 4.26. The molecule has 7 nitrogen and oxygen atoms in total. The number of pyridine rings is 1. The Hall–Kier alpha value is -4.69. The maximum absolute atomic E-state index is 13.5. The average molecular weight is 549 g/mol. The van der Waals surface area contributed by atoms with Crippen molar-refractivity contribution < 1.29 is 14.3 Å². The van der Waals surface area contributed by atoms with Gasteiger partial charge in [0.2, 0.25) is 0 Å². The van der Waals surface area contributed by atoms with Crippen molar-refractivity contribution in [3.05, 3.63) is 124 Å². The Morgan fingerprint density at radius 3 is 2.62 bits per heavy atom. The molecule has 1 aromatic heterocycles. The highest BCUT2D eigenvalue weighted by atomic mass is 32.2. The molecule has 1 N–H and O–H groups in total. The van der Waals surface area contributed by atoms with Gasteiger partial charge in [-0.3, -0.25) is 19.5 Å². The van der Waals surface area contributed by atoms with Gasteiger partial charge in [0.15, 0.2) is 11.8 Å². The number of ether oxygens (including phenoxy) is 1. The largest absolute Gasteiger partial charge is 0.484 e. The summed E-state index contributed by atoms with van der Waals surface area (Å²) in [5.74, 6) is 0.148. The number of aryl methyl sites for hydroxylation is 2. The van der Waals surface area contributed by atoms with Gasteiger partial charge in [0, 0.05) is 18.1 Å². The second-order valence-corrected chi connectivity index (χ2v) is 10.3. The van der Waals surface area contributed by atoms with Crippen LogP contribution < -0.4 is 10.1 Å². The van der Waals surface area contributed by atoms with E-state index >= 15 is 0 Å². The van der Waals surface area contributed by atoms with Crippen molar-refractivity contribution in [2.24, 2.45) is 4.99 Å². The number of aliphatic imine (C=N–C) groups is 1. The molecule has 1 saturated heterocycles. The highest BCUT2D eigenvalue weighted by Crippen LogP contribution is 2.35. The van der Waals surface area contributed by atoms with Crippen molar-refractivity contribution in [3.8, 4) is 5.75 Å². The second kappa shape index (κ2) is 12.4. The molecule has 40 heavy (non-hydrogen) atoms. The third-order valence-electron chi connectivity index (χ3n) is 6.25. The smallest absolute Gasteiger partial charge is 0.267 e. The molecule has 2 amide bonds. The highest BCUT2D eigenvalue weighted by Gasteiger charge is 2.33. The zero-order valence-corrected chi connectivity index (χ0v) is 23.0. The first kappa shape index (κ1) is 26.9. The Bertz CT molecular complexity index is 1590. The van der Waals surface area contributed by atoms with Gasteiger partial charge in [-0.05, 0) is 96.4 Å². The maximum Gasteiger partial charge on any atom is 0.267 e. The minimum atomic E-state index is -0.249. The summed E-state index contributed by atoms with van der Waals surface area (Å²) >= 11 is 1.33. The predicted molar refractivity (Wildman–Crippen MR) is 160 cm³/mol. The van der Waals surface area contributed by atoms with E-state index in [2.05, 4.69) is 10.3 Å². The third-order valence-corrected chi connectivity index (χ3v) is 7.26. The third kappa shape index (κ3) is 6.84. The molecule has 4 aromatic rings. The molecular weight excluding hydrogens is 520 g/mol.